The van der Waals surface area contributed by atoms with Gasteiger partial charge in [-0.25, -0.2) is 9.07 Å². The Bertz CT molecular complexity index is 658. The molecule has 2 rings (SSSR count). The highest BCUT2D eigenvalue weighted by Crippen LogP contribution is 2.06. The summed E-state index contributed by atoms with van der Waals surface area (Å²) in [6.07, 6.45) is -0.157. The van der Waals surface area contributed by atoms with Gasteiger partial charge in [-0.2, -0.15) is 0 Å². The van der Waals surface area contributed by atoms with Crippen LogP contribution in [0, 0.1) is 5.82 Å². The van der Waals surface area contributed by atoms with Gasteiger partial charge in [0, 0.05) is 0 Å². The van der Waals surface area contributed by atoms with Gasteiger partial charge in [0.15, 0.2) is 5.82 Å². The predicted octanol–water partition coefficient (Wildman–Crippen LogP) is -0.396. The summed E-state index contributed by atoms with van der Waals surface area (Å²) in [4.78, 5) is 21.9. The molecule has 21 heavy (non-hydrogen) atoms. The minimum absolute atomic E-state index is 0.157. The quantitative estimate of drug-likeness (QED) is 0.750. The first kappa shape index (κ1) is 14.6. The predicted molar refractivity (Wildman–Crippen MR) is 67.7 cm³/mol. The van der Waals surface area contributed by atoms with E-state index in [1.54, 1.807) is 12.1 Å². The molecule has 1 aromatic carbocycles. The van der Waals surface area contributed by atoms with Gasteiger partial charge in [0.2, 0.25) is 5.91 Å². The zero-order chi connectivity index (χ0) is 15.2. The summed E-state index contributed by atoms with van der Waals surface area (Å²) in [6, 6.07) is 5.94. The van der Waals surface area contributed by atoms with Gasteiger partial charge >= 0.3 is 5.97 Å². The Morgan fingerprint density at radius 2 is 2.19 bits per heavy atom. The van der Waals surface area contributed by atoms with Crippen LogP contribution < -0.4 is 5.32 Å². The average molecular weight is 293 g/mol. The van der Waals surface area contributed by atoms with Crippen molar-refractivity contribution in [2.45, 2.75) is 13.0 Å². The van der Waals surface area contributed by atoms with Crippen LogP contribution in [-0.2, 0) is 22.6 Å². The molecule has 8 nitrogen and oxygen atoms in total. The Balaban J connectivity index is 2.01. The summed E-state index contributed by atoms with van der Waals surface area (Å²) < 4.78 is 14.5. The third-order valence-corrected chi connectivity index (χ3v) is 2.58. The fourth-order valence-corrected chi connectivity index (χ4v) is 1.66. The molecule has 0 bridgehead atoms. The highest BCUT2D eigenvalue weighted by Gasteiger charge is 2.12. The van der Waals surface area contributed by atoms with E-state index in [1.165, 1.54) is 16.8 Å². The van der Waals surface area contributed by atoms with Crippen LogP contribution in [-0.4, -0.2) is 43.7 Å². The van der Waals surface area contributed by atoms with E-state index in [0.29, 0.717) is 5.56 Å². The fourth-order valence-electron chi connectivity index (χ4n) is 1.66. The fraction of sp³-hybridized carbons (Fsp3) is 0.250. The number of aromatic nitrogens is 4. The standard InChI is InChI=1S/C12H12FN5O3/c13-9-3-1-2-8(4-9)7-18-10(15-16-17-18)5-11(19)14-6-12(20)21/h1-4H,5-7H2,(H,14,19)(H,20,21). The number of halogens is 1. The van der Waals surface area contributed by atoms with Gasteiger partial charge in [-0.05, 0) is 28.1 Å². The van der Waals surface area contributed by atoms with Crippen molar-refractivity contribution >= 4 is 11.9 Å². The highest BCUT2D eigenvalue weighted by molar-refractivity contribution is 5.82. The number of carbonyl (C=O) groups excluding carboxylic acids is 1. The summed E-state index contributed by atoms with van der Waals surface area (Å²) in [5, 5.41) is 21.6. The van der Waals surface area contributed by atoms with Crippen molar-refractivity contribution in [2.24, 2.45) is 0 Å². The lowest BCUT2D eigenvalue weighted by atomic mass is 10.2. The van der Waals surface area contributed by atoms with Crippen LogP contribution in [0.1, 0.15) is 11.4 Å². The lowest BCUT2D eigenvalue weighted by Gasteiger charge is -2.05. The number of amides is 1. The molecule has 0 fully saturated rings. The summed E-state index contributed by atoms with van der Waals surface area (Å²) in [5.74, 6) is -1.75. The molecule has 1 amide bonds. The molecule has 2 aromatic rings. The van der Waals surface area contributed by atoms with Gasteiger partial charge in [-0.1, -0.05) is 12.1 Å². The molecule has 0 atom stereocenters. The maximum Gasteiger partial charge on any atom is 0.322 e. The van der Waals surface area contributed by atoms with Crippen molar-refractivity contribution in [3.05, 3.63) is 41.5 Å². The van der Waals surface area contributed by atoms with Crippen molar-refractivity contribution in [3.63, 3.8) is 0 Å². The molecular weight excluding hydrogens is 281 g/mol. The number of benzene rings is 1. The molecule has 0 aliphatic carbocycles. The summed E-state index contributed by atoms with van der Waals surface area (Å²) in [7, 11) is 0. The van der Waals surface area contributed by atoms with Gasteiger partial charge in [0.25, 0.3) is 0 Å². The number of aliphatic carboxylic acids is 1. The van der Waals surface area contributed by atoms with Gasteiger partial charge < -0.3 is 10.4 Å². The summed E-state index contributed by atoms with van der Waals surface area (Å²) in [6.45, 7) is -0.253. The van der Waals surface area contributed by atoms with E-state index >= 15 is 0 Å². The Hall–Kier alpha value is -2.84. The van der Waals surface area contributed by atoms with Crippen molar-refractivity contribution in [3.8, 4) is 0 Å². The molecular formula is C12H12FN5O3. The number of hydrogen-bond donors (Lipinski definition) is 2. The van der Waals surface area contributed by atoms with E-state index < -0.39 is 18.4 Å². The molecule has 0 saturated carbocycles. The zero-order valence-electron chi connectivity index (χ0n) is 10.9. The van der Waals surface area contributed by atoms with Gasteiger partial charge in [-0.15, -0.1) is 5.10 Å². The van der Waals surface area contributed by atoms with Crippen molar-refractivity contribution < 1.29 is 19.1 Å². The van der Waals surface area contributed by atoms with Crippen LogP contribution in [0.2, 0.25) is 0 Å². The van der Waals surface area contributed by atoms with E-state index in [4.69, 9.17) is 5.11 Å². The van der Waals surface area contributed by atoms with Gasteiger partial charge in [-0.3, -0.25) is 9.59 Å². The molecule has 0 unspecified atom stereocenters. The first-order chi connectivity index (χ1) is 10.0. The lowest BCUT2D eigenvalue weighted by molar-refractivity contribution is -0.137. The minimum atomic E-state index is -1.14. The zero-order valence-corrected chi connectivity index (χ0v) is 10.9. The van der Waals surface area contributed by atoms with E-state index in [0.717, 1.165) is 0 Å². The maximum atomic E-state index is 13.1. The lowest BCUT2D eigenvalue weighted by Crippen LogP contribution is -2.31. The van der Waals surface area contributed by atoms with E-state index in [2.05, 4.69) is 20.8 Å². The third-order valence-electron chi connectivity index (χ3n) is 2.58. The second-order valence-corrected chi connectivity index (χ2v) is 4.23. The Morgan fingerprint density at radius 1 is 1.38 bits per heavy atom. The monoisotopic (exact) mass is 293 g/mol. The van der Waals surface area contributed by atoms with Crippen molar-refractivity contribution in [1.29, 1.82) is 0 Å². The molecule has 0 spiro atoms. The SMILES string of the molecule is O=C(O)CNC(=O)Cc1nnnn1Cc1cccc(F)c1. The van der Waals surface area contributed by atoms with Crippen LogP contribution >= 0.6 is 0 Å². The second-order valence-electron chi connectivity index (χ2n) is 4.23. The number of carboxylic acid groups (broad SMARTS) is 1. The molecule has 0 saturated heterocycles. The molecule has 0 aliphatic heterocycles. The normalized spacial score (nSPS) is 10.3. The highest BCUT2D eigenvalue weighted by atomic mass is 19.1. The number of rotatable bonds is 6. The smallest absolute Gasteiger partial charge is 0.322 e. The number of carbonyl (C=O) groups is 2. The number of nitrogens with zero attached hydrogens (tertiary/aromatic N) is 4. The van der Waals surface area contributed by atoms with Gasteiger partial charge in [0.05, 0.1) is 13.0 Å². The molecule has 0 aliphatic rings. The molecule has 9 heteroatoms. The maximum absolute atomic E-state index is 13.1. The van der Waals surface area contributed by atoms with E-state index in [-0.39, 0.29) is 24.6 Å². The second kappa shape index (κ2) is 6.55. The Morgan fingerprint density at radius 3 is 2.90 bits per heavy atom. The molecule has 1 heterocycles. The largest absolute Gasteiger partial charge is 0.480 e. The first-order valence-corrected chi connectivity index (χ1v) is 6.02. The topological polar surface area (TPSA) is 110 Å². The van der Waals surface area contributed by atoms with E-state index in [9.17, 15) is 14.0 Å². The van der Waals surface area contributed by atoms with E-state index in [1.807, 2.05) is 0 Å². The van der Waals surface area contributed by atoms with Gasteiger partial charge in [0.1, 0.15) is 12.4 Å². The molecule has 110 valence electrons. The van der Waals surface area contributed by atoms with Crippen LogP contribution in [0.15, 0.2) is 24.3 Å². The molecule has 0 radical (unpaired) electrons. The summed E-state index contributed by atoms with van der Waals surface area (Å²) >= 11 is 0. The number of carboxylic acids is 1. The van der Waals surface area contributed by atoms with Crippen LogP contribution in [0.4, 0.5) is 4.39 Å². The minimum Gasteiger partial charge on any atom is -0.480 e. The van der Waals surface area contributed by atoms with Crippen LogP contribution in [0.5, 0.6) is 0 Å². The van der Waals surface area contributed by atoms with Crippen molar-refractivity contribution in [2.75, 3.05) is 6.54 Å². The number of tetrazole rings is 1. The number of hydrogen-bond acceptors (Lipinski definition) is 5. The summed E-state index contributed by atoms with van der Waals surface area (Å²) in [5.41, 5.74) is 0.648. The number of nitrogens with one attached hydrogen (secondary N) is 1. The molecule has 1 aromatic heterocycles. The van der Waals surface area contributed by atoms with Crippen molar-refractivity contribution in [1.82, 2.24) is 25.5 Å². The van der Waals surface area contributed by atoms with Crippen LogP contribution in [0.3, 0.4) is 0 Å². The van der Waals surface area contributed by atoms with Crippen LogP contribution in [0.25, 0.3) is 0 Å². The Labute approximate surface area is 118 Å². The Kier molecular flexibility index (Phi) is 4.54. The average Bonchev–Trinajstić information content (AvgIpc) is 2.84. The third kappa shape index (κ3) is 4.34. The first-order valence-electron chi connectivity index (χ1n) is 6.02. The molecule has 2 N–H and O–H groups in total.